The average Bonchev–Trinajstić information content (AvgIpc) is 3.12. The van der Waals surface area contributed by atoms with Crippen LogP contribution in [0.25, 0.3) is 0 Å². The standard InChI is InChI=1S/C19H19F4N3O2/c1-2-15-17(20)18(25-11-24-15)28-14-6-7-26(10-14)16(27)9-12-4-3-5-13(8-12)19(21,22)23/h3-5,8,11,14H,2,6-7,9-10H2,1H3/t14-/m0/s1. The van der Waals surface area contributed by atoms with E-state index in [1.54, 1.807) is 6.92 Å². The van der Waals surface area contributed by atoms with E-state index in [1.807, 2.05) is 0 Å². The van der Waals surface area contributed by atoms with E-state index in [0.717, 1.165) is 12.1 Å². The summed E-state index contributed by atoms with van der Waals surface area (Å²) in [6, 6.07) is 4.71. The van der Waals surface area contributed by atoms with Crippen LogP contribution >= 0.6 is 0 Å². The van der Waals surface area contributed by atoms with Crippen molar-refractivity contribution in [1.29, 1.82) is 0 Å². The summed E-state index contributed by atoms with van der Waals surface area (Å²) in [6.45, 7) is 2.37. The molecule has 5 nitrogen and oxygen atoms in total. The Morgan fingerprint density at radius 2 is 2.11 bits per heavy atom. The first-order chi connectivity index (χ1) is 13.3. The molecule has 150 valence electrons. The minimum atomic E-state index is -4.45. The number of aryl methyl sites for hydroxylation is 1. The molecule has 2 aromatic rings. The third-order valence-electron chi connectivity index (χ3n) is 4.55. The van der Waals surface area contributed by atoms with E-state index in [0.29, 0.717) is 24.9 Å². The molecule has 1 aromatic heterocycles. The first-order valence-electron chi connectivity index (χ1n) is 8.88. The lowest BCUT2D eigenvalue weighted by atomic mass is 10.1. The maximum atomic E-state index is 14.2. The van der Waals surface area contributed by atoms with Crippen molar-refractivity contribution in [3.05, 3.63) is 53.2 Å². The van der Waals surface area contributed by atoms with Gasteiger partial charge in [0.05, 0.1) is 24.2 Å². The second-order valence-corrected chi connectivity index (χ2v) is 6.54. The van der Waals surface area contributed by atoms with Crippen molar-refractivity contribution in [2.24, 2.45) is 0 Å². The zero-order valence-corrected chi connectivity index (χ0v) is 15.2. The van der Waals surface area contributed by atoms with Crippen molar-refractivity contribution in [3.63, 3.8) is 0 Å². The number of ether oxygens (including phenoxy) is 1. The molecular formula is C19H19F4N3O2. The van der Waals surface area contributed by atoms with Gasteiger partial charge in [0.15, 0.2) is 0 Å². The fourth-order valence-corrected chi connectivity index (χ4v) is 3.07. The number of rotatable bonds is 5. The van der Waals surface area contributed by atoms with Crippen LogP contribution in [0.2, 0.25) is 0 Å². The summed E-state index contributed by atoms with van der Waals surface area (Å²) in [5.41, 5.74) is -0.245. The van der Waals surface area contributed by atoms with E-state index in [2.05, 4.69) is 9.97 Å². The molecular weight excluding hydrogens is 378 g/mol. The highest BCUT2D eigenvalue weighted by Crippen LogP contribution is 2.30. The van der Waals surface area contributed by atoms with E-state index in [9.17, 15) is 22.4 Å². The molecule has 1 fully saturated rings. The molecule has 1 aromatic carbocycles. The molecule has 1 amide bonds. The number of amides is 1. The van der Waals surface area contributed by atoms with Crippen LogP contribution in [0.5, 0.6) is 5.88 Å². The summed E-state index contributed by atoms with van der Waals surface area (Å²) >= 11 is 0. The summed E-state index contributed by atoms with van der Waals surface area (Å²) in [7, 11) is 0. The van der Waals surface area contributed by atoms with Gasteiger partial charge in [0.1, 0.15) is 12.4 Å². The van der Waals surface area contributed by atoms with Gasteiger partial charge in [0, 0.05) is 13.0 Å². The zero-order chi connectivity index (χ0) is 20.3. The highest BCUT2D eigenvalue weighted by Gasteiger charge is 2.32. The van der Waals surface area contributed by atoms with Crippen molar-refractivity contribution in [3.8, 4) is 5.88 Å². The number of likely N-dealkylation sites (tertiary alicyclic amines) is 1. The second-order valence-electron chi connectivity index (χ2n) is 6.54. The highest BCUT2D eigenvalue weighted by molar-refractivity contribution is 5.79. The molecule has 0 spiro atoms. The average molecular weight is 397 g/mol. The summed E-state index contributed by atoms with van der Waals surface area (Å²) < 4.78 is 58.2. The molecule has 0 unspecified atom stereocenters. The molecule has 0 aliphatic carbocycles. The van der Waals surface area contributed by atoms with Crippen LogP contribution in [0.1, 0.15) is 30.2 Å². The van der Waals surface area contributed by atoms with Crippen LogP contribution in [0.15, 0.2) is 30.6 Å². The van der Waals surface area contributed by atoms with Crippen molar-refractivity contribution < 1.29 is 27.1 Å². The molecule has 2 heterocycles. The third kappa shape index (κ3) is 4.58. The van der Waals surface area contributed by atoms with Gasteiger partial charge >= 0.3 is 6.18 Å². The third-order valence-corrected chi connectivity index (χ3v) is 4.55. The van der Waals surface area contributed by atoms with E-state index in [-0.39, 0.29) is 30.4 Å². The lowest BCUT2D eigenvalue weighted by Gasteiger charge is -2.18. The number of nitrogens with zero attached hydrogens (tertiary/aromatic N) is 3. The Morgan fingerprint density at radius 3 is 2.82 bits per heavy atom. The Hall–Kier alpha value is -2.71. The number of aromatic nitrogens is 2. The summed E-state index contributed by atoms with van der Waals surface area (Å²) in [4.78, 5) is 21.6. The molecule has 1 atom stereocenters. The normalized spacial score (nSPS) is 17.0. The number of benzene rings is 1. The van der Waals surface area contributed by atoms with Gasteiger partial charge in [-0.15, -0.1) is 0 Å². The van der Waals surface area contributed by atoms with E-state index >= 15 is 0 Å². The maximum absolute atomic E-state index is 14.2. The van der Waals surface area contributed by atoms with Crippen molar-refractivity contribution in [2.75, 3.05) is 13.1 Å². The smallest absolute Gasteiger partial charge is 0.416 e. The molecule has 1 saturated heterocycles. The van der Waals surface area contributed by atoms with Gasteiger partial charge < -0.3 is 9.64 Å². The minimum absolute atomic E-state index is 0.140. The quantitative estimate of drug-likeness (QED) is 0.726. The van der Waals surface area contributed by atoms with Crippen LogP contribution in [0.3, 0.4) is 0 Å². The monoisotopic (exact) mass is 397 g/mol. The van der Waals surface area contributed by atoms with E-state index in [4.69, 9.17) is 4.74 Å². The number of alkyl halides is 3. The molecule has 0 bridgehead atoms. The van der Waals surface area contributed by atoms with Gasteiger partial charge in [0.25, 0.3) is 5.88 Å². The van der Waals surface area contributed by atoms with Crippen LogP contribution in [0.4, 0.5) is 17.6 Å². The Bertz CT molecular complexity index is 857. The SMILES string of the molecule is CCc1ncnc(O[C@H]2CCN(C(=O)Cc3cccc(C(F)(F)F)c3)C2)c1F. The van der Waals surface area contributed by atoms with Gasteiger partial charge in [-0.3, -0.25) is 4.79 Å². The largest absolute Gasteiger partial charge is 0.470 e. The topological polar surface area (TPSA) is 55.3 Å². The molecule has 28 heavy (non-hydrogen) atoms. The lowest BCUT2D eigenvalue weighted by Crippen LogP contribution is -2.32. The molecule has 0 N–H and O–H groups in total. The summed E-state index contributed by atoms with van der Waals surface area (Å²) in [6.07, 6.45) is -2.92. The second kappa shape index (κ2) is 8.12. The lowest BCUT2D eigenvalue weighted by molar-refractivity contribution is -0.138. The molecule has 0 saturated carbocycles. The fraction of sp³-hybridized carbons (Fsp3) is 0.421. The van der Waals surface area contributed by atoms with E-state index in [1.165, 1.54) is 23.4 Å². The summed E-state index contributed by atoms with van der Waals surface area (Å²) in [5, 5.41) is 0. The van der Waals surface area contributed by atoms with Crippen LogP contribution in [-0.2, 0) is 23.8 Å². The molecule has 3 rings (SSSR count). The fourth-order valence-electron chi connectivity index (χ4n) is 3.07. The van der Waals surface area contributed by atoms with Gasteiger partial charge in [0.2, 0.25) is 11.7 Å². The predicted octanol–water partition coefficient (Wildman–Crippen LogP) is 3.42. The Morgan fingerprint density at radius 1 is 1.32 bits per heavy atom. The first kappa shape index (κ1) is 20.0. The zero-order valence-electron chi connectivity index (χ0n) is 15.2. The van der Waals surface area contributed by atoms with Gasteiger partial charge in [-0.2, -0.15) is 22.5 Å². The van der Waals surface area contributed by atoms with Crippen molar-refractivity contribution in [2.45, 2.75) is 38.5 Å². The molecule has 9 heteroatoms. The predicted molar refractivity (Wildman–Crippen MR) is 92.1 cm³/mol. The van der Waals surface area contributed by atoms with Gasteiger partial charge in [-0.25, -0.2) is 4.98 Å². The minimum Gasteiger partial charge on any atom is -0.470 e. The molecule has 0 radical (unpaired) electrons. The number of hydrogen-bond donors (Lipinski definition) is 0. The number of halogens is 4. The highest BCUT2D eigenvalue weighted by atomic mass is 19.4. The van der Waals surface area contributed by atoms with Crippen molar-refractivity contribution in [1.82, 2.24) is 14.9 Å². The maximum Gasteiger partial charge on any atom is 0.416 e. The van der Waals surface area contributed by atoms with Crippen LogP contribution in [-0.4, -0.2) is 40.0 Å². The Balaban J connectivity index is 1.60. The number of hydrogen-bond acceptors (Lipinski definition) is 4. The van der Waals surface area contributed by atoms with Crippen LogP contribution < -0.4 is 4.74 Å². The summed E-state index contributed by atoms with van der Waals surface area (Å²) in [5.74, 6) is -1.06. The Kier molecular flexibility index (Phi) is 5.81. The molecule has 1 aliphatic rings. The van der Waals surface area contributed by atoms with Gasteiger partial charge in [-0.1, -0.05) is 25.1 Å². The number of carbonyl (C=O) groups excluding carboxylic acids is 1. The van der Waals surface area contributed by atoms with E-state index < -0.39 is 23.7 Å². The Labute approximate surface area is 159 Å². The molecule has 1 aliphatic heterocycles. The number of carbonyl (C=O) groups is 1. The van der Waals surface area contributed by atoms with Crippen molar-refractivity contribution >= 4 is 5.91 Å². The van der Waals surface area contributed by atoms with Gasteiger partial charge in [-0.05, 0) is 18.1 Å². The first-order valence-corrected chi connectivity index (χ1v) is 8.88. The van der Waals surface area contributed by atoms with Crippen LogP contribution in [0, 0.1) is 5.82 Å².